The lowest BCUT2D eigenvalue weighted by atomic mass is 10.00. The Balaban J connectivity index is 1.99. The lowest BCUT2D eigenvalue weighted by molar-refractivity contribution is 0.0943. The highest BCUT2D eigenvalue weighted by molar-refractivity contribution is 5.94. The van der Waals surface area contributed by atoms with E-state index in [0.29, 0.717) is 24.4 Å². The second-order valence-corrected chi connectivity index (χ2v) is 5.18. The Labute approximate surface area is 129 Å². The van der Waals surface area contributed by atoms with Crippen molar-refractivity contribution in [1.82, 2.24) is 25.5 Å². The summed E-state index contributed by atoms with van der Waals surface area (Å²) in [5, 5.41) is 23.0. The number of aliphatic hydroxyl groups excluding tert-OH is 1. The van der Waals surface area contributed by atoms with Crippen LogP contribution in [0.25, 0.3) is 5.69 Å². The van der Waals surface area contributed by atoms with Crippen LogP contribution in [0.3, 0.4) is 0 Å². The second kappa shape index (κ2) is 8.23. The number of benzene rings is 1. The van der Waals surface area contributed by atoms with E-state index >= 15 is 0 Å². The largest absolute Gasteiger partial charge is 0.396 e. The van der Waals surface area contributed by atoms with Gasteiger partial charge in [-0.05, 0) is 47.4 Å². The van der Waals surface area contributed by atoms with E-state index in [0.717, 1.165) is 18.5 Å². The number of nitrogens with one attached hydrogen (secondary N) is 1. The van der Waals surface area contributed by atoms with Crippen LogP contribution in [0.4, 0.5) is 0 Å². The normalized spacial score (nSPS) is 12.1. The number of hydrogen-bond acceptors (Lipinski definition) is 5. The van der Waals surface area contributed by atoms with Gasteiger partial charge in [-0.2, -0.15) is 0 Å². The predicted octanol–water partition coefficient (Wildman–Crippen LogP) is 1.19. The molecule has 1 aromatic heterocycles. The molecule has 0 spiro atoms. The summed E-state index contributed by atoms with van der Waals surface area (Å²) in [5.74, 6) is 0.176. The van der Waals surface area contributed by atoms with E-state index < -0.39 is 0 Å². The molecule has 1 atom stereocenters. The molecule has 7 nitrogen and oxygen atoms in total. The van der Waals surface area contributed by atoms with E-state index in [4.69, 9.17) is 5.11 Å². The average molecular weight is 303 g/mol. The van der Waals surface area contributed by atoms with Crippen molar-refractivity contribution >= 4 is 5.91 Å². The zero-order chi connectivity index (χ0) is 15.8. The fourth-order valence-electron chi connectivity index (χ4n) is 2.35. The summed E-state index contributed by atoms with van der Waals surface area (Å²) in [6.45, 7) is 2.82. The van der Waals surface area contributed by atoms with Crippen molar-refractivity contribution in [2.45, 2.75) is 26.2 Å². The van der Waals surface area contributed by atoms with Crippen LogP contribution in [0.15, 0.2) is 30.6 Å². The van der Waals surface area contributed by atoms with Gasteiger partial charge in [0.05, 0.1) is 5.69 Å². The van der Waals surface area contributed by atoms with E-state index in [1.54, 1.807) is 18.2 Å². The first-order valence-corrected chi connectivity index (χ1v) is 7.47. The number of tetrazole rings is 1. The molecule has 0 aliphatic heterocycles. The van der Waals surface area contributed by atoms with Crippen molar-refractivity contribution in [3.63, 3.8) is 0 Å². The summed E-state index contributed by atoms with van der Waals surface area (Å²) in [5.41, 5.74) is 1.30. The third kappa shape index (κ3) is 4.36. The Kier molecular flexibility index (Phi) is 6.02. The fourth-order valence-corrected chi connectivity index (χ4v) is 2.35. The molecule has 1 heterocycles. The molecule has 0 saturated heterocycles. The number of amides is 1. The number of nitrogens with zero attached hydrogens (tertiary/aromatic N) is 4. The Morgan fingerprint density at radius 1 is 1.41 bits per heavy atom. The molecular weight excluding hydrogens is 282 g/mol. The number of carbonyl (C=O) groups excluding carboxylic acids is 1. The number of hydrogen-bond donors (Lipinski definition) is 2. The van der Waals surface area contributed by atoms with Crippen molar-refractivity contribution < 1.29 is 9.90 Å². The highest BCUT2D eigenvalue weighted by Gasteiger charge is 2.11. The minimum atomic E-state index is -0.131. The van der Waals surface area contributed by atoms with Crippen LogP contribution in [0.2, 0.25) is 0 Å². The maximum Gasteiger partial charge on any atom is 0.251 e. The van der Waals surface area contributed by atoms with Crippen LogP contribution >= 0.6 is 0 Å². The summed E-state index contributed by atoms with van der Waals surface area (Å²) in [4.78, 5) is 12.2. The van der Waals surface area contributed by atoms with E-state index in [-0.39, 0.29) is 12.5 Å². The van der Waals surface area contributed by atoms with Gasteiger partial charge in [0, 0.05) is 18.7 Å². The Morgan fingerprint density at radius 3 is 2.95 bits per heavy atom. The maximum absolute atomic E-state index is 12.2. The molecule has 2 N–H and O–H groups in total. The molecule has 1 aromatic carbocycles. The first-order valence-electron chi connectivity index (χ1n) is 7.47. The van der Waals surface area contributed by atoms with Crippen molar-refractivity contribution in [3.8, 4) is 5.69 Å². The molecule has 118 valence electrons. The van der Waals surface area contributed by atoms with Gasteiger partial charge in [-0.1, -0.05) is 19.4 Å². The molecule has 1 unspecified atom stereocenters. The van der Waals surface area contributed by atoms with Gasteiger partial charge in [-0.3, -0.25) is 4.79 Å². The zero-order valence-corrected chi connectivity index (χ0v) is 12.6. The smallest absolute Gasteiger partial charge is 0.251 e. The lowest BCUT2D eigenvalue weighted by Gasteiger charge is -2.15. The predicted molar refractivity (Wildman–Crippen MR) is 81.6 cm³/mol. The molecule has 0 bridgehead atoms. The summed E-state index contributed by atoms with van der Waals surface area (Å²) < 4.78 is 1.50. The van der Waals surface area contributed by atoms with Crippen molar-refractivity contribution in [2.75, 3.05) is 13.2 Å². The molecule has 0 aliphatic rings. The van der Waals surface area contributed by atoms with Gasteiger partial charge in [0.1, 0.15) is 6.33 Å². The summed E-state index contributed by atoms with van der Waals surface area (Å²) in [6.07, 6.45) is 4.22. The first kappa shape index (κ1) is 16.1. The van der Waals surface area contributed by atoms with E-state index in [2.05, 4.69) is 27.8 Å². The van der Waals surface area contributed by atoms with Gasteiger partial charge < -0.3 is 10.4 Å². The van der Waals surface area contributed by atoms with Gasteiger partial charge in [-0.15, -0.1) is 5.10 Å². The standard InChI is InChI=1S/C15H21N5O2/c1-2-4-12(7-8-21)10-16-15(22)13-5-3-6-14(9-13)20-11-17-18-19-20/h3,5-6,9,11-12,21H,2,4,7-8,10H2,1H3,(H,16,22). The van der Waals surface area contributed by atoms with E-state index in [1.165, 1.54) is 11.0 Å². The highest BCUT2D eigenvalue weighted by atomic mass is 16.3. The molecule has 0 aliphatic carbocycles. The molecule has 22 heavy (non-hydrogen) atoms. The van der Waals surface area contributed by atoms with Crippen LogP contribution < -0.4 is 5.32 Å². The van der Waals surface area contributed by atoms with Crippen LogP contribution in [0.1, 0.15) is 36.5 Å². The van der Waals surface area contributed by atoms with Crippen molar-refractivity contribution in [1.29, 1.82) is 0 Å². The Bertz CT molecular complexity index is 579. The van der Waals surface area contributed by atoms with Crippen LogP contribution in [0.5, 0.6) is 0 Å². The maximum atomic E-state index is 12.2. The zero-order valence-electron chi connectivity index (χ0n) is 12.6. The lowest BCUT2D eigenvalue weighted by Crippen LogP contribution is -2.29. The molecule has 0 fully saturated rings. The van der Waals surface area contributed by atoms with Gasteiger partial charge in [0.15, 0.2) is 0 Å². The molecular formula is C15H21N5O2. The number of rotatable bonds is 8. The van der Waals surface area contributed by atoms with E-state index in [1.807, 2.05) is 6.07 Å². The minimum Gasteiger partial charge on any atom is -0.396 e. The van der Waals surface area contributed by atoms with Crippen molar-refractivity contribution in [3.05, 3.63) is 36.2 Å². The second-order valence-electron chi connectivity index (χ2n) is 5.18. The van der Waals surface area contributed by atoms with Crippen LogP contribution in [0, 0.1) is 5.92 Å². The number of aromatic nitrogens is 4. The van der Waals surface area contributed by atoms with E-state index in [9.17, 15) is 4.79 Å². The van der Waals surface area contributed by atoms with Crippen molar-refractivity contribution in [2.24, 2.45) is 5.92 Å². The summed E-state index contributed by atoms with van der Waals surface area (Å²) >= 11 is 0. The third-order valence-corrected chi connectivity index (χ3v) is 3.51. The Morgan fingerprint density at radius 2 is 2.27 bits per heavy atom. The number of aliphatic hydroxyl groups is 1. The molecule has 7 heteroatoms. The first-order chi connectivity index (χ1) is 10.7. The topological polar surface area (TPSA) is 92.9 Å². The van der Waals surface area contributed by atoms with Crippen LogP contribution in [-0.4, -0.2) is 44.4 Å². The monoisotopic (exact) mass is 303 g/mol. The molecule has 2 aromatic rings. The summed E-state index contributed by atoms with van der Waals surface area (Å²) in [7, 11) is 0. The minimum absolute atomic E-state index is 0.131. The molecule has 2 rings (SSSR count). The molecule has 1 amide bonds. The van der Waals surface area contributed by atoms with Gasteiger partial charge in [-0.25, -0.2) is 4.68 Å². The van der Waals surface area contributed by atoms with Crippen LogP contribution in [-0.2, 0) is 0 Å². The third-order valence-electron chi connectivity index (χ3n) is 3.51. The van der Waals surface area contributed by atoms with Gasteiger partial charge in [0.25, 0.3) is 5.91 Å². The highest BCUT2D eigenvalue weighted by Crippen LogP contribution is 2.11. The molecule has 0 radical (unpaired) electrons. The fraction of sp³-hybridized carbons (Fsp3) is 0.467. The SMILES string of the molecule is CCCC(CCO)CNC(=O)c1cccc(-n2cnnn2)c1. The quantitative estimate of drug-likeness (QED) is 0.764. The van der Waals surface area contributed by atoms with Gasteiger partial charge >= 0.3 is 0 Å². The molecule has 0 saturated carbocycles. The number of carbonyl (C=O) groups is 1. The average Bonchev–Trinajstić information content (AvgIpc) is 3.07. The summed E-state index contributed by atoms with van der Waals surface area (Å²) in [6, 6.07) is 7.12. The van der Waals surface area contributed by atoms with Gasteiger partial charge in [0.2, 0.25) is 0 Å². The Hall–Kier alpha value is -2.28.